The van der Waals surface area contributed by atoms with Crippen molar-refractivity contribution in [1.29, 1.82) is 0 Å². The second-order valence-electron chi connectivity index (χ2n) is 7.27. The molecule has 0 spiro atoms. The number of ether oxygens (including phenoxy) is 2. The summed E-state index contributed by atoms with van der Waals surface area (Å²) >= 11 is 2.24. The number of allylic oxidation sites excluding steroid dienone is 2. The molecule has 22 heavy (non-hydrogen) atoms. The van der Waals surface area contributed by atoms with Gasteiger partial charge in [0, 0.05) is 20.6 Å². The molecule has 0 unspecified atom stereocenters. The predicted octanol–water partition coefficient (Wildman–Crippen LogP) is 6.18. The van der Waals surface area contributed by atoms with Gasteiger partial charge in [-0.25, -0.2) is 0 Å². The Balaban J connectivity index is 4.40. The van der Waals surface area contributed by atoms with E-state index in [0.29, 0.717) is 12.7 Å². The fourth-order valence-electron chi connectivity index (χ4n) is 1.99. The average molecular weight is 436 g/mol. The third-order valence-electron chi connectivity index (χ3n) is 3.35. The van der Waals surface area contributed by atoms with Crippen LogP contribution in [0.2, 0.25) is 25.7 Å². The van der Waals surface area contributed by atoms with E-state index in [1.807, 2.05) is 4.08 Å². The summed E-state index contributed by atoms with van der Waals surface area (Å²) in [6, 6.07) is 1.18. The Hall–Kier alpha value is 0.0869. The number of halogens is 1. The maximum Gasteiger partial charge on any atom is 0.147 e. The van der Waals surface area contributed by atoms with Crippen molar-refractivity contribution in [2.45, 2.75) is 59.0 Å². The lowest BCUT2D eigenvalue weighted by Crippen LogP contribution is -2.25. The van der Waals surface area contributed by atoms with Gasteiger partial charge in [-0.2, -0.15) is 0 Å². The molecule has 0 radical (unpaired) electrons. The summed E-state index contributed by atoms with van der Waals surface area (Å²) in [7, 11) is -1.03. The Labute approximate surface area is 152 Å². The molecule has 0 heterocycles. The van der Waals surface area contributed by atoms with Gasteiger partial charge < -0.3 is 9.47 Å². The zero-order valence-corrected chi connectivity index (χ0v) is 18.3. The van der Waals surface area contributed by atoms with Crippen LogP contribution >= 0.6 is 22.6 Å². The summed E-state index contributed by atoms with van der Waals surface area (Å²) in [5, 5.41) is 0. The Morgan fingerprint density at radius 2 is 1.91 bits per heavy atom. The predicted molar refractivity (Wildman–Crippen MR) is 109 cm³/mol. The number of rotatable bonds is 11. The number of hydrogen-bond donors (Lipinski definition) is 0. The Kier molecular flexibility index (Phi) is 11.6. The molecule has 4 heteroatoms. The minimum Gasteiger partial charge on any atom is -0.356 e. The van der Waals surface area contributed by atoms with Gasteiger partial charge in [0.05, 0.1) is 6.10 Å². The molecule has 2 atom stereocenters. The molecule has 0 aliphatic carbocycles. The maximum atomic E-state index is 5.97. The minimum atomic E-state index is -1.03. The molecule has 0 N–H and O–H groups in total. The monoisotopic (exact) mass is 436 g/mol. The SMILES string of the molecule is C=C(C)C[C@@H](OCOCC[Si](C)(C)C)[C@H](C)/C=C(C)/C=C/I. The first kappa shape index (κ1) is 22.1. The van der Waals surface area contributed by atoms with Crippen molar-refractivity contribution < 1.29 is 9.47 Å². The van der Waals surface area contributed by atoms with Gasteiger partial charge in [0.1, 0.15) is 6.79 Å². The third-order valence-corrected chi connectivity index (χ3v) is 5.41. The molecule has 0 aliphatic heterocycles. The summed E-state index contributed by atoms with van der Waals surface area (Å²) < 4.78 is 13.7. The molecule has 0 aromatic carbocycles. The van der Waals surface area contributed by atoms with Gasteiger partial charge in [-0.1, -0.05) is 72.5 Å². The van der Waals surface area contributed by atoms with E-state index in [2.05, 4.69) is 81.7 Å². The summed E-state index contributed by atoms with van der Waals surface area (Å²) in [6.45, 7) is 18.6. The highest BCUT2D eigenvalue weighted by Gasteiger charge is 2.17. The molecule has 0 amide bonds. The van der Waals surface area contributed by atoms with Crippen LogP contribution in [0.15, 0.2) is 34.0 Å². The van der Waals surface area contributed by atoms with E-state index < -0.39 is 8.07 Å². The second-order valence-corrected chi connectivity index (χ2v) is 13.6. The van der Waals surface area contributed by atoms with Crippen LogP contribution in [-0.2, 0) is 9.47 Å². The highest BCUT2D eigenvalue weighted by atomic mass is 127. The molecule has 2 nitrogen and oxygen atoms in total. The first-order valence-corrected chi connectivity index (χ1v) is 12.9. The highest BCUT2D eigenvalue weighted by Crippen LogP contribution is 2.19. The second kappa shape index (κ2) is 11.6. The molecule has 0 aromatic heterocycles. The largest absolute Gasteiger partial charge is 0.356 e. The zero-order chi connectivity index (χ0) is 17.2. The summed E-state index contributed by atoms with van der Waals surface area (Å²) in [5.41, 5.74) is 2.41. The molecule has 0 aliphatic rings. The van der Waals surface area contributed by atoms with Crippen molar-refractivity contribution in [2.24, 2.45) is 5.92 Å². The highest BCUT2D eigenvalue weighted by molar-refractivity contribution is 14.1. The minimum absolute atomic E-state index is 0.127. The first-order valence-electron chi connectivity index (χ1n) is 7.94. The Morgan fingerprint density at radius 3 is 2.41 bits per heavy atom. The number of hydrogen-bond acceptors (Lipinski definition) is 2. The van der Waals surface area contributed by atoms with Crippen LogP contribution in [0.1, 0.15) is 27.2 Å². The van der Waals surface area contributed by atoms with Crippen LogP contribution in [0.25, 0.3) is 0 Å². The molecule has 0 rings (SSSR count). The van der Waals surface area contributed by atoms with Crippen molar-refractivity contribution in [3.63, 3.8) is 0 Å². The fourth-order valence-corrected chi connectivity index (χ4v) is 3.31. The van der Waals surface area contributed by atoms with Crippen LogP contribution in [-0.4, -0.2) is 27.6 Å². The first-order chi connectivity index (χ1) is 10.2. The van der Waals surface area contributed by atoms with E-state index in [1.165, 1.54) is 11.6 Å². The van der Waals surface area contributed by atoms with Gasteiger partial charge >= 0.3 is 0 Å². The standard InChI is InChI=1S/C18H33IO2Si/c1-15(2)12-18(17(4)13-16(3)8-9-19)21-14-20-10-11-22(5,6)7/h8-9,13,17-18H,1,10-12,14H2,2-7H3/b9-8+,16-13+/t17-,18-/m1/s1. The smallest absolute Gasteiger partial charge is 0.147 e. The molecular weight excluding hydrogens is 403 g/mol. The summed E-state index contributed by atoms with van der Waals surface area (Å²) in [6.07, 6.45) is 5.36. The van der Waals surface area contributed by atoms with E-state index in [4.69, 9.17) is 9.47 Å². The van der Waals surface area contributed by atoms with Gasteiger partial charge in [-0.3, -0.25) is 0 Å². The lowest BCUT2D eigenvalue weighted by Gasteiger charge is -2.23. The van der Waals surface area contributed by atoms with Crippen LogP contribution in [0, 0.1) is 5.92 Å². The van der Waals surface area contributed by atoms with E-state index in [9.17, 15) is 0 Å². The van der Waals surface area contributed by atoms with Crippen LogP contribution in [0.5, 0.6) is 0 Å². The quantitative estimate of drug-likeness (QED) is 0.0962. The Morgan fingerprint density at radius 1 is 1.27 bits per heavy atom. The molecule has 0 fully saturated rings. The van der Waals surface area contributed by atoms with Crippen LogP contribution in [0.3, 0.4) is 0 Å². The Bertz CT molecular complexity index is 383. The van der Waals surface area contributed by atoms with Gasteiger partial charge in [0.25, 0.3) is 0 Å². The molecule has 0 aromatic rings. The molecule has 0 bridgehead atoms. The van der Waals surface area contributed by atoms with Gasteiger partial charge in [-0.05, 0) is 30.4 Å². The van der Waals surface area contributed by atoms with Gasteiger partial charge in [-0.15, -0.1) is 6.58 Å². The van der Waals surface area contributed by atoms with Crippen molar-refractivity contribution >= 4 is 30.7 Å². The van der Waals surface area contributed by atoms with Gasteiger partial charge in [0.2, 0.25) is 0 Å². The van der Waals surface area contributed by atoms with Crippen LogP contribution < -0.4 is 0 Å². The average Bonchev–Trinajstić information content (AvgIpc) is 2.35. The van der Waals surface area contributed by atoms with E-state index in [1.54, 1.807) is 0 Å². The molecule has 0 saturated carbocycles. The zero-order valence-electron chi connectivity index (χ0n) is 15.1. The lowest BCUT2D eigenvalue weighted by atomic mass is 9.96. The third kappa shape index (κ3) is 12.6. The van der Waals surface area contributed by atoms with Crippen molar-refractivity contribution in [3.8, 4) is 0 Å². The van der Waals surface area contributed by atoms with Gasteiger partial charge in [0.15, 0.2) is 0 Å². The lowest BCUT2D eigenvalue weighted by molar-refractivity contribution is -0.0957. The van der Waals surface area contributed by atoms with E-state index >= 15 is 0 Å². The van der Waals surface area contributed by atoms with Crippen LogP contribution in [0.4, 0.5) is 0 Å². The van der Waals surface area contributed by atoms with Crippen molar-refractivity contribution in [1.82, 2.24) is 0 Å². The molecular formula is C18H33IO2Si. The normalized spacial score (nSPS) is 16.0. The topological polar surface area (TPSA) is 18.5 Å². The van der Waals surface area contributed by atoms with E-state index in [-0.39, 0.29) is 6.10 Å². The summed E-state index contributed by atoms with van der Waals surface area (Å²) in [4.78, 5) is 0. The van der Waals surface area contributed by atoms with Crippen molar-refractivity contribution in [3.05, 3.63) is 34.0 Å². The fraction of sp³-hybridized carbons (Fsp3) is 0.667. The van der Waals surface area contributed by atoms with E-state index in [0.717, 1.165) is 18.6 Å². The summed E-state index contributed by atoms with van der Waals surface area (Å²) in [5.74, 6) is 0.338. The van der Waals surface area contributed by atoms with Crippen molar-refractivity contribution in [2.75, 3.05) is 13.4 Å². The molecule has 0 saturated heterocycles. The molecule has 128 valence electrons. The maximum absolute atomic E-state index is 5.97.